The van der Waals surface area contributed by atoms with Crippen LogP contribution in [0.15, 0.2) is 24.3 Å². The van der Waals surface area contributed by atoms with Crippen LogP contribution >= 0.6 is 0 Å². The quantitative estimate of drug-likeness (QED) is 0.318. The van der Waals surface area contributed by atoms with Crippen molar-refractivity contribution < 1.29 is 28.3 Å². The van der Waals surface area contributed by atoms with Gasteiger partial charge in [0.05, 0.1) is 0 Å². The molecule has 13 heavy (non-hydrogen) atoms. The summed E-state index contributed by atoms with van der Waals surface area (Å²) < 4.78 is 10.1. The zero-order chi connectivity index (χ0) is 8.81. The van der Waals surface area contributed by atoms with E-state index in [9.17, 15) is 0 Å². The molecule has 1 aromatic rings. The van der Waals surface area contributed by atoms with Crippen molar-refractivity contribution in [2.75, 3.05) is 14.2 Å². The third-order valence-corrected chi connectivity index (χ3v) is 1.69. The maximum atomic E-state index is 5.06. The molecule has 3 heteroatoms. The Balaban J connectivity index is 0.00000144. The predicted molar refractivity (Wildman–Crippen MR) is 46.8 cm³/mol. The van der Waals surface area contributed by atoms with Gasteiger partial charge in [-0.2, -0.15) is 35.9 Å². The van der Waals surface area contributed by atoms with Crippen LogP contribution in [0.4, 0.5) is 0 Å². The van der Waals surface area contributed by atoms with Crippen molar-refractivity contribution in [1.29, 1.82) is 0 Å². The Hall–Kier alpha value is -0.263. The summed E-state index contributed by atoms with van der Waals surface area (Å²) in [4.78, 5) is 0. The topological polar surface area (TPSA) is 18.5 Å². The van der Waals surface area contributed by atoms with Gasteiger partial charge in [0.25, 0.3) is 0 Å². The summed E-state index contributed by atoms with van der Waals surface area (Å²) in [5.41, 5.74) is 1.10. The zero-order valence-electron chi connectivity index (χ0n) is 8.41. The molecule has 1 aromatic carbocycles. The Morgan fingerprint density at radius 1 is 1.31 bits per heavy atom. The van der Waals surface area contributed by atoms with Crippen LogP contribution in [0.2, 0.25) is 0 Å². The summed E-state index contributed by atoms with van der Waals surface area (Å²) in [6, 6.07) is 10.9. The fourth-order valence-corrected chi connectivity index (χ4v) is 1.000. The molecule has 0 heterocycles. The fraction of sp³-hybridized carbons (Fsp3) is 0.400. The van der Waals surface area contributed by atoms with Gasteiger partial charge in [0.1, 0.15) is 0 Å². The van der Waals surface area contributed by atoms with E-state index in [1.54, 1.807) is 14.2 Å². The number of hydrogen-bond acceptors (Lipinski definition) is 2. The minimum atomic E-state index is -0.163. The first kappa shape index (κ1) is 12.7. The maximum absolute atomic E-state index is 5.06. The summed E-state index contributed by atoms with van der Waals surface area (Å²) in [7, 11) is 3.27. The van der Waals surface area contributed by atoms with E-state index in [0.29, 0.717) is 0 Å². The van der Waals surface area contributed by atoms with Gasteiger partial charge in [-0.25, -0.2) is 0 Å². The number of benzene rings is 1. The average molecular weight is 172 g/mol. The van der Waals surface area contributed by atoms with Crippen molar-refractivity contribution in [2.24, 2.45) is 0 Å². The number of rotatable bonds is 4. The van der Waals surface area contributed by atoms with Gasteiger partial charge in [0, 0.05) is 20.6 Å². The third-order valence-electron chi connectivity index (χ3n) is 1.69. The van der Waals surface area contributed by atoms with E-state index in [2.05, 4.69) is 6.07 Å². The van der Waals surface area contributed by atoms with E-state index < -0.39 is 0 Å². The number of methoxy groups -OCH3 is 2. The standard InChI is InChI=1S/C10H13O2.Li/c1-11-10(12-2)8-9-6-4-3-5-7-9;/h3-6,10H,8H2,1-2H3;/q-1;+1. The summed E-state index contributed by atoms with van der Waals surface area (Å²) >= 11 is 0. The Labute approximate surface area is 91.4 Å². The second kappa shape index (κ2) is 7.17. The van der Waals surface area contributed by atoms with Gasteiger partial charge in [-0.3, -0.25) is 0 Å². The first-order chi connectivity index (χ1) is 5.86. The molecular formula is C10H13LiO2. The van der Waals surface area contributed by atoms with Gasteiger partial charge in [0.2, 0.25) is 0 Å². The van der Waals surface area contributed by atoms with E-state index in [1.807, 2.05) is 24.3 Å². The van der Waals surface area contributed by atoms with Crippen LogP contribution in [0, 0.1) is 6.07 Å². The molecule has 0 aliphatic rings. The first-order valence-corrected chi connectivity index (χ1v) is 3.88. The molecule has 0 fully saturated rings. The maximum Gasteiger partial charge on any atom is 1.00 e. The Kier molecular flexibility index (Phi) is 7.03. The van der Waals surface area contributed by atoms with E-state index in [1.165, 1.54) is 0 Å². The van der Waals surface area contributed by atoms with Crippen molar-refractivity contribution in [2.45, 2.75) is 12.7 Å². The van der Waals surface area contributed by atoms with Gasteiger partial charge in [0.15, 0.2) is 6.29 Å². The van der Waals surface area contributed by atoms with Crippen molar-refractivity contribution in [3.05, 3.63) is 35.9 Å². The molecule has 0 bridgehead atoms. The van der Waals surface area contributed by atoms with Crippen LogP contribution < -0.4 is 18.9 Å². The molecular weight excluding hydrogens is 159 g/mol. The molecule has 0 aliphatic carbocycles. The molecule has 0 N–H and O–H groups in total. The minimum absolute atomic E-state index is 0. The normalized spacial score (nSPS) is 9.77. The molecule has 0 radical (unpaired) electrons. The predicted octanol–water partition coefficient (Wildman–Crippen LogP) is -1.35. The van der Waals surface area contributed by atoms with E-state index in [-0.39, 0.29) is 25.2 Å². The smallest absolute Gasteiger partial charge is 0.356 e. The molecule has 0 aliphatic heterocycles. The molecule has 2 nitrogen and oxygen atoms in total. The first-order valence-electron chi connectivity index (χ1n) is 3.88. The molecule has 0 amide bonds. The molecule has 0 spiro atoms. The van der Waals surface area contributed by atoms with Crippen molar-refractivity contribution in [3.63, 3.8) is 0 Å². The Morgan fingerprint density at radius 2 is 2.00 bits per heavy atom. The molecule has 0 unspecified atom stereocenters. The van der Waals surface area contributed by atoms with Crippen LogP contribution in [0.1, 0.15) is 5.56 Å². The average Bonchev–Trinajstić information content (AvgIpc) is 2.16. The largest absolute Gasteiger partial charge is 1.00 e. The molecule has 0 saturated carbocycles. The third kappa shape index (κ3) is 4.49. The Bertz CT molecular complexity index is 209. The zero-order valence-corrected chi connectivity index (χ0v) is 8.41. The molecule has 1 rings (SSSR count). The summed E-state index contributed by atoms with van der Waals surface area (Å²) in [5, 5.41) is 0. The van der Waals surface area contributed by atoms with Crippen LogP contribution in [0.3, 0.4) is 0 Å². The van der Waals surface area contributed by atoms with Crippen LogP contribution in [-0.2, 0) is 15.9 Å². The SMILES string of the molecule is COC(Cc1[c-]cccc1)OC.[Li+]. The van der Waals surface area contributed by atoms with Crippen molar-refractivity contribution in [3.8, 4) is 0 Å². The van der Waals surface area contributed by atoms with Crippen LogP contribution in [-0.4, -0.2) is 20.5 Å². The summed E-state index contributed by atoms with van der Waals surface area (Å²) in [6.45, 7) is 0. The van der Waals surface area contributed by atoms with E-state index in [0.717, 1.165) is 12.0 Å². The van der Waals surface area contributed by atoms with Crippen molar-refractivity contribution >= 4 is 0 Å². The molecule has 0 aromatic heterocycles. The van der Waals surface area contributed by atoms with Crippen molar-refractivity contribution in [1.82, 2.24) is 0 Å². The monoisotopic (exact) mass is 172 g/mol. The minimum Gasteiger partial charge on any atom is -0.356 e. The van der Waals surface area contributed by atoms with Gasteiger partial charge in [-0.05, 0) is 0 Å². The van der Waals surface area contributed by atoms with Gasteiger partial charge in [-0.1, -0.05) is 0 Å². The molecule has 66 valence electrons. The molecule has 0 atom stereocenters. The summed E-state index contributed by atoms with van der Waals surface area (Å²) in [6.07, 6.45) is 0.581. The number of hydrogen-bond donors (Lipinski definition) is 0. The second-order valence-electron chi connectivity index (χ2n) is 2.49. The molecule has 0 saturated heterocycles. The Morgan fingerprint density at radius 3 is 2.46 bits per heavy atom. The van der Waals surface area contributed by atoms with Gasteiger partial charge in [-0.15, -0.1) is 0 Å². The second-order valence-corrected chi connectivity index (χ2v) is 2.49. The van der Waals surface area contributed by atoms with Crippen LogP contribution in [0.5, 0.6) is 0 Å². The van der Waals surface area contributed by atoms with Crippen LogP contribution in [0.25, 0.3) is 0 Å². The van der Waals surface area contributed by atoms with Gasteiger partial charge < -0.3 is 9.47 Å². The number of ether oxygens (including phenoxy) is 2. The van der Waals surface area contributed by atoms with E-state index >= 15 is 0 Å². The van der Waals surface area contributed by atoms with E-state index in [4.69, 9.17) is 9.47 Å². The van der Waals surface area contributed by atoms with Gasteiger partial charge >= 0.3 is 18.9 Å². The fourth-order valence-electron chi connectivity index (χ4n) is 1.000. The summed E-state index contributed by atoms with van der Waals surface area (Å²) in [5.74, 6) is 0.